The summed E-state index contributed by atoms with van der Waals surface area (Å²) >= 11 is 0. The Morgan fingerprint density at radius 1 is 1.16 bits per heavy atom. The molecular formula is C14H25NO4. The minimum atomic E-state index is -0.948. The number of hydrogen-bond acceptors (Lipinski definition) is 3. The number of carboxylic acid groups (broad SMARTS) is 1. The zero-order chi connectivity index (χ0) is 15.0. The van der Waals surface area contributed by atoms with Crippen molar-refractivity contribution in [3.63, 3.8) is 0 Å². The maximum absolute atomic E-state index is 12.0. The molecule has 0 aromatic rings. The lowest BCUT2D eigenvalue weighted by Gasteiger charge is -2.20. The van der Waals surface area contributed by atoms with E-state index in [1.54, 1.807) is 0 Å². The molecule has 0 bridgehead atoms. The Bertz CT molecular complexity index is 325. The van der Waals surface area contributed by atoms with Crippen LogP contribution in [0.1, 0.15) is 53.4 Å². The van der Waals surface area contributed by atoms with Gasteiger partial charge in [0.05, 0.1) is 0 Å². The Kier molecular flexibility index (Phi) is 8.03. The molecule has 2 atom stereocenters. The average molecular weight is 271 g/mol. The maximum atomic E-state index is 12.0. The van der Waals surface area contributed by atoms with E-state index >= 15 is 0 Å². The van der Waals surface area contributed by atoms with Gasteiger partial charge in [0, 0.05) is 24.8 Å². The molecule has 0 saturated carbocycles. The van der Waals surface area contributed by atoms with Crippen LogP contribution in [-0.2, 0) is 14.4 Å². The zero-order valence-corrected chi connectivity index (χ0v) is 12.2. The van der Waals surface area contributed by atoms with E-state index in [1.807, 2.05) is 6.92 Å². The maximum Gasteiger partial charge on any atom is 0.303 e. The summed E-state index contributed by atoms with van der Waals surface area (Å²) in [5, 5.41) is 11.5. The number of hydrogen-bond donors (Lipinski definition) is 2. The van der Waals surface area contributed by atoms with Crippen molar-refractivity contribution in [3.8, 4) is 0 Å². The van der Waals surface area contributed by atoms with Crippen LogP contribution in [-0.4, -0.2) is 28.8 Å². The van der Waals surface area contributed by atoms with Gasteiger partial charge in [-0.05, 0) is 32.6 Å². The summed E-state index contributed by atoms with van der Waals surface area (Å²) in [6.07, 6.45) is 1.07. The number of aliphatic carboxylic acids is 1. The molecule has 0 aliphatic rings. The number of ketones is 1. The van der Waals surface area contributed by atoms with Gasteiger partial charge in [0.2, 0.25) is 5.91 Å². The number of carboxylic acids is 1. The first kappa shape index (κ1) is 17.6. The van der Waals surface area contributed by atoms with Crippen molar-refractivity contribution in [1.29, 1.82) is 0 Å². The van der Waals surface area contributed by atoms with Crippen LogP contribution in [0.5, 0.6) is 0 Å². The molecule has 0 spiro atoms. The molecule has 0 fully saturated rings. The second kappa shape index (κ2) is 8.67. The van der Waals surface area contributed by atoms with Crippen LogP contribution in [0.25, 0.3) is 0 Å². The summed E-state index contributed by atoms with van der Waals surface area (Å²) in [6.45, 7) is 7.47. The van der Waals surface area contributed by atoms with Crippen LogP contribution in [0, 0.1) is 11.8 Å². The Morgan fingerprint density at radius 3 is 2.16 bits per heavy atom. The SMILES string of the molecule is CC(=O)C[C@@H](CCC(=O)O)C(=O)N[C@H](C)CC(C)C. The van der Waals surface area contributed by atoms with Crippen molar-refractivity contribution in [2.75, 3.05) is 0 Å². The smallest absolute Gasteiger partial charge is 0.303 e. The van der Waals surface area contributed by atoms with Gasteiger partial charge in [-0.15, -0.1) is 0 Å². The van der Waals surface area contributed by atoms with Crippen molar-refractivity contribution < 1.29 is 19.5 Å². The van der Waals surface area contributed by atoms with Gasteiger partial charge in [-0.3, -0.25) is 9.59 Å². The average Bonchev–Trinajstić information content (AvgIpc) is 2.21. The number of rotatable bonds is 9. The van der Waals surface area contributed by atoms with Crippen molar-refractivity contribution in [2.24, 2.45) is 11.8 Å². The zero-order valence-electron chi connectivity index (χ0n) is 12.2. The lowest BCUT2D eigenvalue weighted by molar-refractivity contribution is -0.138. The third-order valence-corrected chi connectivity index (χ3v) is 2.82. The largest absolute Gasteiger partial charge is 0.481 e. The molecule has 0 aromatic carbocycles. The summed E-state index contributed by atoms with van der Waals surface area (Å²) in [7, 11) is 0. The summed E-state index contributed by atoms with van der Waals surface area (Å²) in [6, 6.07) is 0.0341. The molecule has 5 nitrogen and oxygen atoms in total. The fraction of sp³-hybridized carbons (Fsp3) is 0.786. The third-order valence-electron chi connectivity index (χ3n) is 2.82. The molecular weight excluding hydrogens is 246 g/mol. The van der Waals surface area contributed by atoms with E-state index in [4.69, 9.17) is 5.11 Å². The minimum absolute atomic E-state index is 0.0341. The fourth-order valence-corrected chi connectivity index (χ4v) is 2.10. The van der Waals surface area contributed by atoms with Gasteiger partial charge in [-0.1, -0.05) is 13.8 Å². The number of carbonyl (C=O) groups excluding carboxylic acids is 2. The van der Waals surface area contributed by atoms with Crippen molar-refractivity contribution >= 4 is 17.7 Å². The van der Waals surface area contributed by atoms with Gasteiger partial charge in [-0.25, -0.2) is 0 Å². The van der Waals surface area contributed by atoms with Crippen LogP contribution in [0.2, 0.25) is 0 Å². The van der Waals surface area contributed by atoms with E-state index in [9.17, 15) is 14.4 Å². The highest BCUT2D eigenvalue weighted by molar-refractivity contribution is 5.86. The van der Waals surface area contributed by atoms with Gasteiger partial charge in [0.1, 0.15) is 5.78 Å². The molecule has 5 heteroatoms. The van der Waals surface area contributed by atoms with E-state index in [0.717, 1.165) is 6.42 Å². The molecule has 0 saturated heterocycles. The molecule has 0 heterocycles. The first-order chi connectivity index (χ1) is 8.72. The highest BCUT2D eigenvalue weighted by atomic mass is 16.4. The van der Waals surface area contributed by atoms with E-state index in [1.165, 1.54) is 6.92 Å². The van der Waals surface area contributed by atoms with E-state index < -0.39 is 11.9 Å². The topological polar surface area (TPSA) is 83.5 Å². The Labute approximate surface area is 114 Å². The molecule has 0 aliphatic heterocycles. The molecule has 19 heavy (non-hydrogen) atoms. The monoisotopic (exact) mass is 271 g/mol. The number of nitrogens with one attached hydrogen (secondary N) is 1. The number of amides is 1. The molecule has 0 aromatic heterocycles. The Morgan fingerprint density at radius 2 is 1.74 bits per heavy atom. The van der Waals surface area contributed by atoms with Gasteiger partial charge < -0.3 is 15.2 Å². The lowest BCUT2D eigenvalue weighted by atomic mass is 9.95. The summed E-state index contributed by atoms with van der Waals surface area (Å²) in [5.41, 5.74) is 0. The van der Waals surface area contributed by atoms with Gasteiger partial charge in [0.15, 0.2) is 0 Å². The van der Waals surface area contributed by atoms with Crippen LogP contribution < -0.4 is 5.32 Å². The second-order valence-electron chi connectivity index (χ2n) is 5.57. The molecule has 110 valence electrons. The molecule has 2 N–H and O–H groups in total. The Balaban J connectivity index is 4.43. The van der Waals surface area contributed by atoms with Crippen LogP contribution in [0.15, 0.2) is 0 Å². The molecule has 0 unspecified atom stereocenters. The normalized spacial score (nSPS) is 13.9. The van der Waals surface area contributed by atoms with E-state index in [2.05, 4.69) is 19.2 Å². The summed E-state index contributed by atoms with van der Waals surface area (Å²) in [5.74, 6) is -1.33. The molecule has 0 rings (SSSR count). The molecule has 0 aliphatic carbocycles. The highest BCUT2D eigenvalue weighted by Crippen LogP contribution is 2.14. The van der Waals surface area contributed by atoms with Gasteiger partial charge >= 0.3 is 5.97 Å². The number of Topliss-reactive ketones (excluding diaryl/α,β-unsaturated/α-hetero) is 1. The van der Waals surface area contributed by atoms with Crippen LogP contribution in [0.4, 0.5) is 0 Å². The quantitative estimate of drug-likeness (QED) is 0.672. The summed E-state index contributed by atoms with van der Waals surface area (Å²) < 4.78 is 0. The first-order valence-electron chi connectivity index (χ1n) is 6.74. The molecule has 1 amide bonds. The Hall–Kier alpha value is -1.39. The first-order valence-corrected chi connectivity index (χ1v) is 6.74. The predicted octanol–water partition coefficient (Wildman–Crippen LogP) is 2.00. The predicted molar refractivity (Wildman–Crippen MR) is 72.7 cm³/mol. The van der Waals surface area contributed by atoms with Crippen molar-refractivity contribution in [2.45, 2.75) is 59.4 Å². The lowest BCUT2D eigenvalue weighted by Crippen LogP contribution is -2.38. The van der Waals surface area contributed by atoms with E-state index in [-0.39, 0.29) is 37.0 Å². The third kappa shape index (κ3) is 9.22. The fourth-order valence-electron chi connectivity index (χ4n) is 2.10. The summed E-state index contributed by atoms with van der Waals surface area (Å²) in [4.78, 5) is 33.7. The van der Waals surface area contributed by atoms with Crippen molar-refractivity contribution in [1.82, 2.24) is 5.32 Å². The van der Waals surface area contributed by atoms with Crippen LogP contribution >= 0.6 is 0 Å². The standard InChI is InChI=1S/C14H25NO4/c1-9(2)7-10(3)15-14(19)12(8-11(4)16)5-6-13(17)18/h9-10,12H,5-8H2,1-4H3,(H,15,19)(H,17,18)/t10-,12-/m1/s1. The highest BCUT2D eigenvalue weighted by Gasteiger charge is 2.22. The van der Waals surface area contributed by atoms with Gasteiger partial charge in [0.25, 0.3) is 0 Å². The van der Waals surface area contributed by atoms with Crippen molar-refractivity contribution in [3.05, 3.63) is 0 Å². The van der Waals surface area contributed by atoms with Crippen LogP contribution in [0.3, 0.4) is 0 Å². The minimum Gasteiger partial charge on any atom is -0.481 e. The van der Waals surface area contributed by atoms with Gasteiger partial charge in [-0.2, -0.15) is 0 Å². The van der Waals surface area contributed by atoms with E-state index in [0.29, 0.717) is 5.92 Å². The molecule has 0 radical (unpaired) electrons. The number of carbonyl (C=O) groups is 3. The second-order valence-corrected chi connectivity index (χ2v) is 5.57.